The summed E-state index contributed by atoms with van der Waals surface area (Å²) in [5.74, 6) is -0.202. The Morgan fingerprint density at radius 3 is 3.10 bits per heavy atom. The van der Waals surface area contributed by atoms with Gasteiger partial charge in [0.25, 0.3) is 0 Å². The van der Waals surface area contributed by atoms with E-state index in [9.17, 15) is 9.90 Å². The van der Waals surface area contributed by atoms with Gasteiger partial charge in [0.05, 0.1) is 6.10 Å². The minimum Gasteiger partial charge on any atom is -0.387 e. The third kappa shape index (κ3) is 3.49. The number of likely N-dealkylation sites (N-methyl/N-ethyl adjacent to an activating group) is 1. The number of aliphatic hydroxyl groups is 1. The summed E-state index contributed by atoms with van der Waals surface area (Å²) >= 11 is 0. The molecule has 0 fully saturated rings. The van der Waals surface area contributed by atoms with Crippen molar-refractivity contribution in [1.29, 1.82) is 0 Å². The molecule has 0 radical (unpaired) electrons. The Labute approximate surface area is 119 Å². The fourth-order valence-corrected chi connectivity index (χ4v) is 2.37. The molecule has 0 aromatic heterocycles. The SMILES string of the molecule is CCOCC(=O)NC[C@H](O)c1ccc2c(c1)CCN2C. The minimum atomic E-state index is -0.684. The molecule has 1 atom stereocenters. The zero-order valence-electron chi connectivity index (χ0n) is 12.1. The molecule has 2 rings (SSSR count). The summed E-state index contributed by atoms with van der Waals surface area (Å²) in [5.41, 5.74) is 3.32. The Hall–Kier alpha value is -1.59. The lowest BCUT2D eigenvalue weighted by Crippen LogP contribution is -2.31. The van der Waals surface area contributed by atoms with Gasteiger partial charge in [-0.05, 0) is 30.5 Å². The molecule has 5 nitrogen and oxygen atoms in total. The number of fused-ring (bicyclic) bond motifs is 1. The molecule has 2 N–H and O–H groups in total. The van der Waals surface area contributed by atoms with Gasteiger partial charge in [-0.3, -0.25) is 4.79 Å². The minimum absolute atomic E-state index is 0.0399. The number of hydrogen-bond acceptors (Lipinski definition) is 4. The highest BCUT2D eigenvalue weighted by Crippen LogP contribution is 2.29. The summed E-state index contributed by atoms with van der Waals surface area (Å²) in [5, 5.41) is 12.8. The standard InChI is InChI=1S/C15H22N2O3/c1-3-20-10-15(19)16-9-14(18)12-4-5-13-11(8-12)6-7-17(13)2/h4-5,8,14,18H,3,6-7,9-10H2,1-2H3,(H,16,19)/t14-/m0/s1. The first-order chi connectivity index (χ1) is 9.61. The molecule has 1 aromatic carbocycles. The van der Waals surface area contributed by atoms with Gasteiger partial charge in [-0.2, -0.15) is 0 Å². The van der Waals surface area contributed by atoms with Gasteiger partial charge >= 0.3 is 0 Å². The zero-order valence-corrected chi connectivity index (χ0v) is 12.1. The number of anilines is 1. The van der Waals surface area contributed by atoms with E-state index >= 15 is 0 Å². The van der Waals surface area contributed by atoms with E-state index in [0.717, 1.165) is 18.5 Å². The van der Waals surface area contributed by atoms with Crippen LogP contribution in [-0.4, -0.2) is 44.4 Å². The van der Waals surface area contributed by atoms with Gasteiger partial charge in [0.15, 0.2) is 0 Å². The molecule has 0 saturated heterocycles. The summed E-state index contributed by atoms with van der Waals surface area (Å²) < 4.78 is 5.01. The smallest absolute Gasteiger partial charge is 0.246 e. The Balaban J connectivity index is 1.90. The summed E-state index contributed by atoms with van der Waals surface area (Å²) in [6.07, 6.45) is 0.320. The van der Waals surface area contributed by atoms with Gasteiger partial charge in [0, 0.05) is 32.4 Å². The van der Waals surface area contributed by atoms with Crippen LogP contribution in [-0.2, 0) is 16.0 Å². The van der Waals surface area contributed by atoms with E-state index < -0.39 is 6.10 Å². The van der Waals surface area contributed by atoms with Gasteiger partial charge in [0.2, 0.25) is 5.91 Å². The van der Waals surface area contributed by atoms with E-state index in [4.69, 9.17) is 4.74 Å². The molecule has 1 aliphatic rings. The van der Waals surface area contributed by atoms with Crippen LogP contribution >= 0.6 is 0 Å². The van der Waals surface area contributed by atoms with Crippen LogP contribution in [0.3, 0.4) is 0 Å². The van der Waals surface area contributed by atoms with Crippen molar-refractivity contribution in [2.24, 2.45) is 0 Å². The molecule has 0 saturated carbocycles. The van der Waals surface area contributed by atoms with Crippen molar-refractivity contribution in [3.05, 3.63) is 29.3 Å². The lowest BCUT2D eigenvalue weighted by Gasteiger charge is -2.15. The molecular weight excluding hydrogens is 256 g/mol. The second-order valence-corrected chi connectivity index (χ2v) is 5.02. The Bertz CT molecular complexity index is 476. The van der Waals surface area contributed by atoms with Crippen LogP contribution in [0.25, 0.3) is 0 Å². The van der Waals surface area contributed by atoms with Crippen molar-refractivity contribution in [2.45, 2.75) is 19.4 Å². The number of nitrogens with zero attached hydrogens (tertiary/aromatic N) is 1. The van der Waals surface area contributed by atoms with E-state index in [1.54, 1.807) is 0 Å². The number of hydrogen-bond donors (Lipinski definition) is 2. The maximum atomic E-state index is 11.4. The van der Waals surface area contributed by atoms with Crippen molar-refractivity contribution >= 4 is 11.6 Å². The largest absolute Gasteiger partial charge is 0.387 e. The van der Waals surface area contributed by atoms with Crippen molar-refractivity contribution in [2.75, 3.05) is 38.3 Å². The number of aliphatic hydroxyl groups excluding tert-OH is 1. The van der Waals surface area contributed by atoms with Crippen LogP contribution < -0.4 is 10.2 Å². The predicted octanol–water partition coefficient (Wildman–Crippen LogP) is 0.865. The van der Waals surface area contributed by atoms with Gasteiger partial charge < -0.3 is 20.1 Å². The van der Waals surface area contributed by atoms with Crippen LogP contribution in [0.15, 0.2) is 18.2 Å². The van der Waals surface area contributed by atoms with E-state index in [0.29, 0.717) is 6.61 Å². The number of amides is 1. The van der Waals surface area contributed by atoms with E-state index in [1.807, 2.05) is 25.1 Å². The summed E-state index contributed by atoms with van der Waals surface area (Å²) in [6.45, 7) is 3.61. The van der Waals surface area contributed by atoms with Gasteiger partial charge in [-0.25, -0.2) is 0 Å². The first-order valence-corrected chi connectivity index (χ1v) is 6.98. The van der Waals surface area contributed by atoms with Crippen LogP contribution in [0, 0.1) is 0 Å². The highest BCUT2D eigenvalue weighted by atomic mass is 16.5. The quantitative estimate of drug-likeness (QED) is 0.810. The third-order valence-corrected chi connectivity index (χ3v) is 3.55. The van der Waals surface area contributed by atoms with E-state index in [1.165, 1.54) is 11.3 Å². The van der Waals surface area contributed by atoms with Crippen LogP contribution in [0.4, 0.5) is 5.69 Å². The molecule has 20 heavy (non-hydrogen) atoms. The topological polar surface area (TPSA) is 61.8 Å². The number of ether oxygens (including phenoxy) is 1. The molecule has 0 spiro atoms. The molecule has 1 heterocycles. The van der Waals surface area contributed by atoms with E-state index in [-0.39, 0.29) is 19.1 Å². The first kappa shape index (κ1) is 14.8. The van der Waals surface area contributed by atoms with Gasteiger partial charge in [-0.15, -0.1) is 0 Å². The fourth-order valence-electron chi connectivity index (χ4n) is 2.37. The van der Waals surface area contributed by atoms with Crippen LogP contribution in [0.5, 0.6) is 0 Å². The number of nitrogens with one attached hydrogen (secondary N) is 1. The summed E-state index contributed by atoms with van der Waals surface area (Å²) in [6, 6.07) is 5.97. The van der Waals surface area contributed by atoms with Crippen molar-refractivity contribution in [1.82, 2.24) is 5.32 Å². The molecule has 1 aromatic rings. The maximum absolute atomic E-state index is 11.4. The molecule has 0 unspecified atom stereocenters. The van der Waals surface area contributed by atoms with Crippen LogP contribution in [0.2, 0.25) is 0 Å². The van der Waals surface area contributed by atoms with E-state index in [2.05, 4.69) is 17.3 Å². The summed E-state index contributed by atoms with van der Waals surface area (Å²) in [4.78, 5) is 13.6. The molecule has 1 amide bonds. The Kier molecular flexibility index (Phi) is 4.98. The highest BCUT2D eigenvalue weighted by molar-refractivity contribution is 5.77. The molecule has 1 aliphatic heterocycles. The fraction of sp³-hybridized carbons (Fsp3) is 0.533. The second-order valence-electron chi connectivity index (χ2n) is 5.02. The maximum Gasteiger partial charge on any atom is 0.246 e. The second kappa shape index (κ2) is 6.72. The summed E-state index contributed by atoms with van der Waals surface area (Å²) in [7, 11) is 2.07. The Morgan fingerprint density at radius 1 is 1.55 bits per heavy atom. The number of carbonyl (C=O) groups is 1. The zero-order chi connectivity index (χ0) is 14.5. The molecule has 0 bridgehead atoms. The Morgan fingerprint density at radius 2 is 2.35 bits per heavy atom. The van der Waals surface area contributed by atoms with Crippen molar-refractivity contribution < 1.29 is 14.6 Å². The van der Waals surface area contributed by atoms with Crippen LogP contribution in [0.1, 0.15) is 24.2 Å². The van der Waals surface area contributed by atoms with Crippen molar-refractivity contribution in [3.63, 3.8) is 0 Å². The first-order valence-electron chi connectivity index (χ1n) is 6.98. The van der Waals surface area contributed by atoms with Crippen molar-refractivity contribution in [3.8, 4) is 0 Å². The molecular formula is C15H22N2O3. The average Bonchev–Trinajstić information content (AvgIpc) is 2.83. The lowest BCUT2D eigenvalue weighted by atomic mass is 10.0. The van der Waals surface area contributed by atoms with Gasteiger partial charge in [0.1, 0.15) is 6.61 Å². The number of benzene rings is 1. The van der Waals surface area contributed by atoms with Gasteiger partial charge in [-0.1, -0.05) is 12.1 Å². The normalized spacial score (nSPS) is 15.1. The highest BCUT2D eigenvalue weighted by Gasteiger charge is 2.18. The number of carbonyl (C=O) groups excluding carboxylic acids is 1. The lowest BCUT2D eigenvalue weighted by molar-refractivity contribution is -0.126. The third-order valence-electron chi connectivity index (χ3n) is 3.55. The predicted molar refractivity (Wildman–Crippen MR) is 77.9 cm³/mol. The number of rotatable bonds is 6. The molecule has 110 valence electrons. The monoisotopic (exact) mass is 278 g/mol. The molecule has 5 heteroatoms. The molecule has 0 aliphatic carbocycles. The average molecular weight is 278 g/mol.